The minimum Gasteiger partial charge on any atom is -0.494 e. The lowest BCUT2D eigenvalue weighted by molar-refractivity contribution is -0.384. The lowest BCUT2D eigenvalue weighted by Gasteiger charge is -2.18. The monoisotopic (exact) mass is 420 g/mol. The summed E-state index contributed by atoms with van der Waals surface area (Å²) in [7, 11) is -3.80. The van der Waals surface area contributed by atoms with Gasteiger partial charge >= 0.3 is 0 Å². The molecule has 156 valence electrons. The van der Waals surface area contributed by atoms with Crippen molar-refractivity contribution in [2.45, 2.75) is 25.7 Å². The molecule has 0 aliphatic heterocycles. The lowest BCUT2D eigenvalue weighted by Crippen LogP contribution is -2.30. The molecule has 0 fully saturated rings. The zero-order chi connectivity index (χ0) is 21.4. The minimum absolute atomic E-state index is 0.0932. The van der Waals surface area contributed by atoms with Gasteiger partial charge in [-0.05, 0) is 48.9 Å². The molecule has 0 bridgehead atoms. The van der Waals surface area contributed by atoms with Crippen LogP contribution in [0.15, 0.2) is 52.5 Å². The molecule has 0 spiro atoms. The van der Waals surface area contributed by atoms with Crippen LogP contribution in [0.5, 0.6) is 5.75 Å². The van der Waals surface area contributed by atoms with E-state index in [1.807, 2.05) is 6.92 Å². The summed E-state index contributed by atoms with van der Waals surface area (Å²) in [4.78, 5) is 10.7. The third kappa shape index (κ3) is 5.52. The van der Waals surface area contributed by atoms with E-state index >= 15 is 0 Å². The summed E-state index contributed by atoms with van der Waals surface area (Å²) in [6.45, 7) is 6.43. The highest BCUT2D eigenvalue weighted by molar-refractivity contribution is 7.89. The number of hydrogen-bond acceptors (Lipinski definition) is 7. The maximum atomic E-state index is 12.6. The molecule has 2 aromatic rings. The van der Waals surface area contributed by atoms with Crippen LogP contribution in [0.1, 0.15) is 26.3 Å². The van der Waals surface area contributed by atoms with Gasteiger partial charge in [0.25, 0.3) is 5.69 Å². The van der Waals surface area contributed by atoms with Gasteiger partial charge in [-0.3, -0.25) is 15.5 Å². The molecule has 29 heavy (non-hydrogen) atoms. The summed E-state index contributed by atoms with van der Waals surface area (Å²) in [5.74, 6) is 0.734. The van der Waals surface area contributed by atoms with Gasteiger partial charge in [0, 0.05) is 19.2 Å². The van der Waals surface area contributed by atoms with Gasteiger partial charge in [-0.2, -0.15) is 9.41 Å². The number of nitro benzene ring substituents is 1. The minimum atomic E-state index is -3.80. The maximum absolute atomic E-state index is 12.6. The van der Waals surface area contributed by atoms with Gasteiger partial charge < -0.3 is 4.74 Å². The average Bonchev–Trinajstić information content (AvgIpc) is 2.70. The Balaban J connectivity index is 2.24. The molecule has 0 aliphatic carbocycles. The summed E-state index contributed by atoms with van der Waals surface area (Å²) < 4.78 is 31.8. The van der Waals surface area contributed by atoms with Crippen molar-refractivity contribution in [3.05, 3.63) is 58.1 Å². The second kappa shape index (κ2) is 9.99. The van der Waals surface area contributed by atoms with Crippen molar-refractivity contribution in [3.63, 3.8) is 0 Å². The number of nitro groups is 1. The van der Waals surface area contributed by atoms with Gasteiger partial charge in [-0.25, -0.2) is 8.42 Å². The maximum Gasteiger partial charge on any atom is 0.295 e. The molecular formula is C19H24N4O5S. The topological polar surface area (TPSA) is 114 Å². The van der Waals surface area contributed by atoms with Crippen molar-refractivity contribution in [2.75, 3.05) is 25.1 Å². The Morgan fingerprint density at radius 1 is 1.14 bits per heavy atom. The van der Waals surface area contributed by atoms with E-state index in [4.69, 9.17) is 4.74 Å². The summed E-state index contributed by atoms with van der Waals surface area (Å²) in [6.07, 6.45) is 1.50. The van der Waals surface area contributed by atoms with E-state index < -0.39 is 14.9 Å². The van der Waals surface area contributed by atoms with Crippen molar-refractivity contribution in [2.24, 2.45) is 5.10 Å². The second-order valence-corrected chi connectivity index (χ2v) is 7.84. The van der Waals surface area contributed by atoms with Crippen molar-refractivity contribution in [1.29, 1.82) is 0 Å². The first-order valence-electron chi connectivity index (χ1n) is 9.14. The van der Waals surface area contributed by atoms with E-state index in [-0.39, 0.29) is 29.4 Å². The fourth-order valence-corrected chi connectivity index (χ4v) is 4.10. The number of rotatable bonds is 10. The van der Waals surface area contributed by atoms with Crippen molar-refractivity contribution >= 4 is 27.6 Å². The SMILES string of the molecule is CCOc1ccc(/C=N/Nc2ccc(S(=O)(=O)N(CC)CC)cc2[N+](=O)[O-])cc1. The van der Waals surface area contributed by atoms with E-state index in [2.05, 4.69) is 10.5 Å². The zero-order valence-corrected chi connectivity index (χ0v) is 17.3. The predicted molar refractivity (Wildman–Crippen MR) is 112 cm³/mol. The molecule has 0 saturated carbocycles. The van der Waals surface area contributed by atoms with Gasteiger partial charge in [0.15, 0.2) is 0 Å². The number of anilines is 1. The van der Waals surface area contributed by atoms with Gasteiger partial charge in [0.1, 0.15) is 11.4 Å². The summed E-state index contributed by atoms with van der Waals surface area (Å²) in [5.41, 5.74) is 3.09. The molecule has 10 heteroatoms. The highest BCUT2D eigenvalue weighted by atomic mass is 32.2. The first-order valence-corrected chi connectivity index (χ1v) is 10.6. The third-order valence-electron chi connectivity index (χ3n) is 4.10. The second-order valence-electron chi connectivity index (χ2n) is 5.90. The van der Waals surface area contributed by atoms with E-state index in [1.54, 1.807) is 38.1 Å². The van der Waals surface area contributed by atoms with Crippen LogP contribution in [0.3, 0.4) is 0 Å². The highest BCUT2D eigenvalue weighted by Crippen LogP contribution is 2.29. The fraction of sp³-hybridized carbons (Fsp3) is 0.316. The Morgan fingerprint density at radius 2 is 1.79 bits per heavy atom. The van der Waals surface area contributed by atoms with E-state index in [0.29, 0.717) is 6.61 Å². The van der Waals surface area contributed by atoms with Gasteiger partial charge in [0.05, 0.1) is 22.6 Å². The Labute approximate surface area is 170 Å². The van der Waals surface area contributed by atoms with Gasteiger partial charge in [0.2, 0.25) is 10.0 Å². The fourth-order valence-electron chi connectivity index (χ4n) is 2.62. The van der Waals surface area contributed by atoms with Crippen LogP contribution in [0.2, 0.25) is 0 Å². The smallest absolute Gasteiger partial charge is 0.295 e. The van der Waals surface area contributed by atoms with Crippen LogP contribution in [-0.4, -0.2) is 43.6 Å². The number of hydrazone groups is 1. The molecule has 0 unspecified atom stereocenters. The highest BCUT2D eigenvalue weighted by Gasteiger charge is 2.25. The molecule has 0 aromatic heterocycles. The molecular weight excluding hydrogens is 396 g/mol. The van der Waals surface area contributed by atoms with Gasteiger partial charge in [-0.1, -0.05) is 13.8 Å². The Morgan fingerprint density at radius 3 is 2.34 bits per heavy atom. The quantitative estimate of drug-likeness (QED) is 0.358. The van der Waals surface area contributed by atoms with E-state index in [0.717, 1.165) is 17.4 Å². The Bertz CT molecular complexity index is 971. The van der Waals surface area contributed by atoms with E-state index in [1.165, 1.54) is 22.7 Å². The number of ether oxygens (including phenoxy) is 1. The molecule has 2 aromatic carbocycles. The summed E-state index contributed by atoms with van der Waals surface area (Å²) in [6, 6.07) is 10.9. The van der Waals surface area contributed by atoms with E-state index in [9.17, 15) is 18.5 Å². The molecule has 0 heterocycles. The number of hydrogen-bond donors (Lipinski definition) is 1. The Hall–Kier alpha value is -2.98. The normalized spacial score (nSPS) is 11.7. The molecule has 0 atom stereocenters. The first-order chi connectivity index (χ1) is 13.8. The lowest BCUT2D eigenvalue weighted by atomic mass is 10.2. The van der Waals surface area contributed by atoms with Crippen molar-refractivity contribution in [3.8, 4) is 5.75 Å². The molecule has 0 radical (unpaired) electrons. The molecule has 2 rings (SSSR count). The average molecular weight is 420 g/mol. The van der Waals surface area contributed by atoms with Crippen LogP contribution in [0.25, 0.3) is 0 Å². The number of sulfonamides is 1. The molecule has 0 aliphatic rings. The van der Waals surface area contributed by atoms with Crippen LogP contribution in [0, 0.1) is 10.1 Å². The molecule has 0 saturated heterocycles. The largest absolute Gasteiger partial charge is 0.494 e. The van der Waals surface area contributed by atoms with Crippen LogP contribution in [0.4, 0.5) is 11.4 Å². The standard InChI is InChI=1S/C19H24N4O5S/c1-4-22(5-2)29(26,27)17-11-12-18(19(13-17)23(24)25)21-20-14-15-7-9-16(10-8-15)28-6-3/h7-14,21H,4-6H2,1-3H3/b20-14+. The van der Waals surface area contributed by atoms with Crippen molar-refractivity contribution < 1.29 is 18.1 Å². The third-order valence-corrected chi connectivity index (χ3v) is 6.14. The van der Waals surface area contributed by atoms with Gasteiger partial charge in [-0.15, -0.1) is 0 Å². The van der Waals surface area contributed by atoms with Crippen LogP contribution < -0.4 is 10.2 Å². The number of nitrogens with zero attached hydrogens (tertiary/aromatic N) is 3. The Kier molecular flexibility index (Phi) is 7.68. The first kappa shape index (κ1) is 22.3. The molecule has 1 N–H and O–H groups in total. The van der Waals surface area contributed by atoms with Crippen LogP contribution >= 0.6 is 0 Å². The summed E-state index contributed by atoms with van der Waals surface area (Å²) in [5, 5.41) is 15.4. The number of benzene rings is 2. The zero-order valence-electron chi connectivity index (χ0n) is 16.5. The van der Waals surface area contributed by atoms with Crippen molar-refractivity contribution in [1.82, 2.24) is 4.31 Å². The summed E-state index contributed by atoms with van der Waals surface area (Å²) >= 11 is 0. The molecule has 9 nitrogen and oxygen atoms in total. The number of nitrogens with one attached hydrogen (secondary N) is 1. The molecule has 0 amide bonds. The predicted octanol–water partition coefficient (Wildman–Crippen LogP) is 3.47. The van der Waals surface area contributed by atoms with Crippen LogP contribution in [-0.2, 0) is 10.0 Å².